The summed E-state index contributed by atoms with van der Waals surface area (Å²) < 4.78 is 0. The van der Waals surface area contributed by atoms with Crippen LogP contribution in [0.25, 0.3) is 0 Å². The van der Waals surface area contributed by atoms with Crippen LogP contribution in [0.4, 0.5) is 5.69 Å². The number of nitro benzene ring substituents is 1. The van der Waals surface area contributed by atoms with Crippen LogP contribution in [0.2, 0.25) is 0 Å². The Bertz CT molecular complexity index is 427. The van der Waals surface area contributed by atoms with Crippen LogP contribution in [-0.2, 0) is 13.1 Å². The highest BCUT2D eigenvalue weighted by atomic mass is 16.6. The quantitative estimate of drug-likeness (QED) is 0.547. The van der Waals surface area contributed by atoms with Crippen molar-refractivity contribution in [1.82, 2.24) is 4.90 Å². The van der Waals surface area contributed by atoms with Crippen molar-refractivity contribution in [3.8, 4) is 0 Å². The molecule has 1 aliphatic heterocycles. The van der Waals surface area contributed by atoms with Crippen LogP contribution in [0, 0.1) is 10.1 Å². The minimum Gasteiger partial charge on any atom is -0.292 e. The Hall–Kier alpha value is -1.42. The van der Waals surface area contributed by atoms with Gasteiger partial charge in [-0.3, -0.25) is 15.0 Å². The molecule has 1 aliphatic carbocycles. The fourth-order valence-corrected chi connectivity index (χ4v) is 2.30. The van der Waals surface area contributed by atoms with Crippen molar-refractivity contribution >= 4 is 5.69 Å². The number of rotatable bonds is 2. The zero-order valence-corrected chi connectivity index (χ0v) is 8.35. The molecule has 0 unspecified atom stereocenters. The van der Waals surface area contributed by atoms with E-state index in [0.717, 1.165) is 24.2 Å². The molecule has 4 heteroatoms. The lowest BCUT2D eigenvalue weighted by atomic mass is 10.1. The van der Waals surface area contributed by atoms with Crippen LogP contribution in [0.5, 0.6) is 0 Å². The minimum absolute atomic E-state index is 0.269. The molecule has 0 saturated heterocycles. The Morgan fingerprint density at radius 1 is 1.33 bits per heavy atom. The van der Waals surface area contributed by atoms with Crippen molar-refractivity contribution < 1.29 is 4.92 Å². The summed E-state index contributed by atoms with van der Waals surface area (Å²) >= 11 is 0. The summed E-state index contributed by atoms with van der Waals surface area (Å²) in [6.45, 7) is 1.65. The van der Waals surface area contributed by atoms with E-state index in [0.29, 0.717) is 6.04 Å². The average Bonchev–Trinajstić information content (AvgIpc) is 2.96. The maximum Gasteiger partial charge on any atom is 0.274 e. The van der Waals surface area contributed by atoms with E-state index in [1.807, 2.05) is 6.07 Å². The van der Waals surface area contributed by atoms with Gasteiger partial charge in [0.25, 0.3) is 5.69 Å². The Morgan fingerprint density at radius 2 is 2.13 bits per heavy atom. The highest BCUT2D eigenvalue weighted by Gasteiger charge is 2.35. The molecule has 0 spiro atoms. The lowest BCUT2D eigenvalue weighted by Gasteiger charge is -2.11. The van der Waals surface area contributed by atoms with Crippen molar-refractivity contribution in [2.45, 2.75) is 32.0 Å². The second-order valence-electron chi connectivity index (χ2n) is 4.31. The van der Waals surface area contributed by atoms with Gasteiger partial charge in [0.05, 0.1) is 4.92 Å². The van der Waals surface area contributed by atoms with Gasteiger partial charge in [0.2, 0.25) is 0 Å². The smallest absolute Gasteiger partial charge is 0.274 e. The predicted molar refractivity (Wildman–Crippen MR) is 55.4 cm³/mol. The van der Waals surface area contributed by atoms with Gasteiger partial charge < -0.3 is 0 Å². The Balaban J connectivity index is 1.97. The molecule has 1 saturated carbocycles. The molecule has 15 heavy (non-hydrogen) atoms. The van der Waals surface area contributed by atoms with Crippen LogP contribution in [0.15, 0.2) is 18.2 Å². The first-order valence-corrected chi connectivity index (χ1v) is 5.25. The third-order valence-corrected chi connectivity index (χ3v) is 3.24. The standard InChI is InChI=1S/C11H12N2O2/c14-13(15)11-3-1-2-8-6-12(7-10(8)11)9-4-5-9/h1-3,9H,4-7H2. The number of nitro groups is 1. The predicted octanol–water partition coefficient (Wildman–Crippen LogP) is 2.07. The first-order valence-electron chi connectivity index (χ1n) is 5.25. The molecule has 0 aromatic heterocycles. The van der Waals surface area contributed by atoms with Gasteiger partial charge in [0.1, 0.15) is 0 Å². The number of hydrogen-bond acceptors (Lipinski definition) is 3. The molecule has 78 valence electrons. The van der Waals surface area contributed by atoms with Crippen LogP contribution in [0.1, 0.15) is 24.0 Å². The van der Waals surface area contributed by atoms with Crippen LogP contribution in [0.3, 0.4) is 0 Å². The summed E-state index contributed by atoms with van der Waals surface area (Å²) in [6, 6.07) is 6.07. The topological polar surface area (TPSA) is 46.4 Å². The fraction of sp³-hybridized carbons (Fsp3) is 0.455. The van der Waals surface area contributed by atoms with Crippen LogP contribution in [-0.4, -0.2) is 15.9 Å². The second-order valence-corrected chi connectivity index (χ2v) is 4.31. The molecule has 1 aromatic rings. The molecule has 0 atom stereocenters. The summed E-state index contributed by atoms with van der Waals surface area (Å²) in [7, 11) is 0. The SMILES string of the molecule is O=[N+]([O-])c1cccc2c1CN(C1CC1)C2. The van der Waals surface area contributed by atoms with Crippen LogP contribution >= 0.6 is 0 Å². The first-order chi connectivity index (χ1) is 7.25. The second kappa shape index (κ2) is 3.03. The van der Waals surface area contributed by atoms with E-state index in [1.54, 1.807) is 12.1 Å². The van der Waals surface area contributed by atoms with E-state index in [9.17, 15) is 10.1 Å². The largest absolute Gasteiger partial charge is 0.292 e. The van der Waals surface area contributed by atoms with Crippen molar-refractivity contribution in [3.63, 3.8) is 0 Å². The van der Waals surface area contributed by atoms with Gasteiger partial charge in [-0.25, -0.2) is 0 Å². The number of fused-ring (bicyclic) bond motifs is 1. The molecule has 0 N–H and O–H groups in total. The third-order valence-electron chi connectivity index (χ3n) is 3.24. The minimum atomic E-state index is -0.269. The van der Waals surface area contributed by atoms with Crippen molar-refractivity contribution in [1.29, 1.82) is 0 Å². The molecule has 2 aliphatic rings. The van der Waals surface area contributed by atoms with Gasteiger partial charge in [-0.1, -0.05) is 12.1 Å². The number of nitrogens with zero attached hydrogens (tertiary/aromatic N) is 2. The van der Waals surface area contributed by atoms with Gasteiger partial charge in [0.15, 0.2) is 0 Å². The fourth-order valence-electron chi connectivity index (χ4n) is 2.30. The Morgan fingerprint density at radius 3 is 2.80 bits per heavy atom. The lowest BCUT2D eigenvalue weighted by molar-refractivity contribution is -0.385. The number of benzene rings is 1. The molecule has 0 radical (unpaired) electrons. The van der Waals surface area contributed by atoms with E-state index < -0.39 is 0 Å². The van der Waals surface area contributed by atoms with Gasteiger partial charge >= 0.3 is 0 Å². The van der Waals surface area contributed by atoms with Crippen molar-refractivity contribution in [2.75, 3.05) is 0 Å². The maximum atomic E-state index is 10.8. The van der Waals surface area contributed by atoms with Gasteiger partial charge in [0, 0.05) is 30.8 Å². The van der Waals surface area contributed by atoms with E-state index in [1.165, 1.54) is 12.8 Å². The molecule has 0 bridgehead atoms. The summed E-state index contributed by atoms with van der Waals surface area (Å²) in [5.74, 6) is 0. The molecular formula is C11H12N2O2. The van der Waals surface area contributed by atoms with E-state index in [4.69, 9.17) is 0 Å². The van der Waals surface area contributed by atoms with Crippen molar-refractivity contribution in [2.24, 2.45) is 0 Å². The van der Waals surface area contributed by atoms with Gasteiger partial charge in [-0.05, 0) is 18.4 Å². The average molecular weight is 204 g/mol. The van der Waals surface area contributed by atoms with E-state index in [-0.39, 0.29) is 10.6 Å². The molecule has 3 rings (SSSR count). The summed E-state index contributed by atoms with van der Waals surface area (Å²) in [5.41, 5.74) is 2.35. The normalized spacial score (nSPS) is 20.3. The molecular weight excluding hydrogens is 192 g/mol. The molecule has 4 nitrogen and oxygen atoms in total. The molecule has 1 aromatic carbocycles. The van der Waals surface area contributed by atoms with E-state index in [2.05, 4.69) is 4.90 Å². The Labute approximate surface area is 87.7 Å². The lowest BCUT2D eigenvalue weighted by Crippen LogP contribution is -2.18. The summed E-state index contributed by atoms with van der Waals surface area (Å²) in [4.78, 5) is 12.9. The third kappa shape index (κ3) is 1.41. The van der Waals surface area contributed by atoms with Crippen molar-refractivity contribution in [3.05, 3.63) is 39.4 Å². The maximum absolute atomic E-state index is 10.8. The molecule has 1 heterocycles. The first kappa shape index (κ1) is 8.85. The monoisotopic (exact) mass is 204 g/mol. The zero-order valence-electron chi connectivity index (χ0n) is 8.35. The summed E-state index contributed by atoms with van der Waals surface area (Å²) in [5, 5.41) is 10.8. The van der Waals surface area contributed by atoms with Gasteiger partial charge in [-0.15, -0.1) is 0 Å². The summed E-state index contributed by atoms with van der Waals surface area (Å²) in [6.07, 6.45) is 2.50. The highest BCUT2D eigenvalue weighted by molar-refractivity contribution is 5.47. The van der Waals surface area contributed by atoms with Gasteiger partial charge in [-0.2, -0.15) is 0 Å². The molecule has 0 amide bonds. The van der Waals surface area contributed by atoms with Crippen LogP contribution < -0.4 is 0 Å². The van der Waals surface area contributed by atoms with E-state index >= 15 is 0 Å². The Kier molecular flexibility index (Phi) is 1.79. The highest BCUT2D eigenvalue weighted by Crippen LogP contribution is 2.37. The zero-order chi connectivity index (χ0) is 10.4. The number of hydrogen-bond donors (Lipinski definition) is 0. The molecule has 1 fully saturated rings.